The highest BCUT2D eigenvalue weighted by Crippen LogP contribution is 2.29. The Morgan fingerprint density at radius 2 is 1.75 bits per heavy atom. The van der Waals surface area contributed by atoms with Crippen molar-refractivity contribution < 1.29 is 9.85 Å². The first kappa shape index (κ1) is 21.4. The van der Waals surface area contributed by atoms with Crippen LogP contribution in [-0.4, -0.2) is 20.6 Å². The summed E-state index contributed by atoms with van der Waals surface area (Å²) in [5.41, 5.74) is 4.96. The molecule has 4 aromatic rings. The first-order valence-corrected chi connectivity index (χ1v) is 10.5. The van der Waals surface area contributed by atoms with Crippen LogP contribution >= 0.6 is 22.6 Å². The maximum absolute atomic E-state index is 11.3. The number of benzene rings is 3. The summed E-state index contributed by atoms with van der Waals surface area (Å²) in [5.74, 6) is 0. The lowest BCUT2D eigenvalue weighted by Gasteiger charge is -2.05. The Morgan fingerprint density at radius 3 is 2.47 bits per heavy atom. The number of fused-ring (bicyclic) bond motifs is 1. The molecule has 160 valence electrons. The summed E-state index contributed by atoms with van der Waals surface area (Å²) in [6, 6.07) is 19.6. The van der Waals surface area contributed by atoms with Crippen molar-refractivity contribution in [1.29, 1.82) is 0 Å². The molecule has 0 bridgehead atoms. The Kier molecular flexibility index (Phi) is 6.12. The normalized spacial score (nSPS) is 11.2. The molecule has 9 nitrogen and oxygen atoms in total. The van der Waals surface area contributed by atoms with Crippen molar-refractivity contribution in [3.63, 3.8) is 0 Å². The molecule has 1 N–H and O–H groups in total. The van der Waals surface area contributed by atoms with Crippen molar-refractivity contribution in [2.45, 2.75) is 6.54 Å². The number of para-hydroxylation sites is 1. The minimum absolute atomic E-state index is 0.0690. The van der Waals surface area contributed by atoms with Gasteiger partial charge in [0.15, 0.2) is 0 Å². The molecule has 0 radical (unpaired) electrons. The Labute approximate surface area is 195 Å². The fraction of sp³-hybridized carbons (Fsp3) is 0.0455. The van der Waals surface area contributed by atoms with Gasteiger partial charge in [0, 0.05) is 38.8 Å². The van der Waals surface area contributed by atoms with Gasteiger partial charge < -0.3 is 4.57 Å². The predicted molar refractivity (Wildman–Crippen MR) is 131 cm³/mol. The lowest BCUT2D eigenvalue weighted by atomic mass is 10.2. The largest absolute Gasteiger partial charge is 0.342 e. The van der Waals surface area contributed by atoms with Gasteiger partial charge in [-0.15, -0.1) is 0 Å². The second kappa shape index (κ2) is 9.14. The average Bonchev–Trinajstić information content (AvgIpc) is 3.13. The van der Waals surface area contributed by atoms with E-state index in [0.717, 1.165) is 28.1 Å². The van der Waals surface area contributed by atoms with Crippen molar-refractivity contribution in [3.05, 3.63) is 108 Å². The van der Waals surface area contributed by atoms with E-state index < -0.39 is 15.5 Å². The first-order chi connectivity index (χ1) is 15.4. The second-order valence-electron chi connectivity index (χ2n) is 6.94. The number of hydrogen-bond acceptors (Lipinski definition) is 6. The number of non-ortho nitro benzene ring substituents is 1. The topological polar surface area (TPSA) is 116 Å². The maximum Gasteiger partial charge on any atom is 0.301 e. The van der Waals surface area contributed by atoms with Crippen LogP contribution in [0.1, 0.15) is 11.1 Å². The van der Waals surface area contributed by atoms with E-state index in [0.29, 0.717) is 6.54 Å². The molecule has 4 rings (SSSR count). The molecule has 10 heteroatoms. The Bertz CT molecular complexity index is 1350. The zero-order valence-corrected chi connectivity index (χ0v) is 18.7. The molecule has 0 aliphatic rings. The van der Waals surface area contributed by atoms with Crippen molar-refractivity contribution in [1.82, 2.24) is 4.57 Å². The molecule has 0 aliphatic heterocycles. The Hall–Kier alpha value is -3.80. The minimum Gasteiger partial charge on any atom is -0.342 e. The van der Waals surface area contributed by atoms with Crippen LogP contribution in [0, 0.1) is 23.8 Å². The highest BCUT2D eigenvalue weighted by atomic mass is 127. The van der Waals surface area contributed by atoms with Crippen LogP contribution in [0.4, 0.5) is 17.1 Å². The van der Waals surface area contributed by atoms with Gasteiger partial charge in [-0.25, -0.2) is 0 Å². The van der Waals surface area contributed by atoms with E-state index in [-0.39, 0.29) is 11.4 Å². The molecule has 1 heterocycles. The van der Waals surface area contributed by atoms with Crippen LogP contribution in [0.2, 0.25) is 0 Å². The smallest absolute Gasteiger partial charge is 0.301 e. The molecule has 0 saturated heterocycles. The number of nitrogens with zero attached hydrogens (tertiary/aromatic N) is 4. The summed E-state index contributed by atoms with van der Waals surface area (Å²) in [6.07, 6.45) is 3.55. The number of nitro benzene ring substituents is 2. The zero-order valence-electron chi connectivity index (χ0n) is 16.5. The van der Waals surface area contributed by atoms with Gasteiger partial charge in [0.1, 0.15) is 5.69 Å². The van der Waals surface area contributed by atoms with E-state index in [1.54, 1.807) is 6.21 Å². The molecule has 0 spiro atoms. The van der Waals surface area contributed by atoms with Crippen LogP contribution in [0.3, 0.4) is 0 Å². The summed E-state index contributed by atoms with van der Waals surface area (Å²) in [5, 5.41) is 27.3. The number of nitro groups is 2. The van der Waals surface area contributed by atoms with Crippen molar-refractivity contribution in [2.24, 2.45) is 5.10 Å². The number of halogens is 1. The van der Waals surface area contributed by atoms with Gasteiger partial charge in [-0.05, 0) is 52.4 Å². The molecule has 0 unspecified atom stereocenters. The van der Waals surface area contributed by atoms with Crippen LogP contribution in [0.25, 0.3) is 10.9 Å². The number of anilines is 1. The lowest BCUT2D eigenvalue weighted by Crippen LogP contribution is -1.99. The van der Waals surface area contributed by atoms with Crippen LogP contribution in [0.15, 0.2) is 78.0 Å². The van der Waals surface area contributed by atoms with Gasteiger partial charge in [0.05, 0.1) is 22.1 Å². The Balaban J connectivity index is 1.62. The molecule has 0 aliphatic carbocycles. The third-order valence-corrected chi connectivity index (χ3v) is 5.58. The average molecular weight is 541 g/mol. The van der Waals surface area contributed by atoms with Gasteiger partial charge >= 0.3 is 5.69 Å². The van der Waals surface area contributed by atoms with E-state index in [1.807, 2.05) is 30.5 Å². The second-order valence-corrected chi connectivity index (χ2v) is 8.19. The Morgan fingerprint density at radius 1 is 1.00 bits per heavy atom. The molecular formula is C22H16IN5O4. The maximum atomic E-state index is 11.3. The number of hydrogen-bond donors (Lipinski definition) is 1. The number of rotatable bonds is 7. The molecule has 3 aromatic carbocycles. The van der Waals surface area contributed by atoms with E-state index in [1.165, 1.54) is 15.7 Å². The lowest BCUT2D eigenvalue weighted by molar-refractivity contribution is -0.393. The summed E-state index contributed by atoms with van der Waals surface area (Å²) in [4.78, 5) is 20.8. The predicted octanol–water partition coefficient (Wildman–Crippen LogP) is 5.56. The van der Waals surface area contributed by atoms with Crippen molar-refractivity contribution in [2.75, 3.05) is 5.43 Å². The quantitative estimate of drug-likeness (QED) is 0.142. The highest BCUT2D eigenvalue weighted by molar-refractivity contribution is 14.1. The first-order valence-electron chi connectivity index (χ1n) is 9.46. The number of aromatic nitrogens is 1. The minimum atomic E-state index is -0.683. The molecule has 32 heavy (non-hydrogen) atoms. The monoisotopic (exact) mass is 541 g/mol. The summed E-state index contributed by atoms with van der Waals surface area (Å²) < 4.78 is 3.29. The molecule has 0 amide bonds. The molecular weight excluding hydrogens is 525 g/mol. The molecule has 0 saturated carbocycles. The summed E-state index contributed by atoms with van der Waals surface area (Å²) in [6.45, 7) is 0.687. The summed E-state index contributed by atoms with van der Waals surface area (Å²) in [7, 11) is 0. The van der Waals surface area contributed by atoms with Gasteiger partial charge in [0.25, 0.3) is 5.69 Å². The van der Waals surface area contributed by atoms with Gasteiger partial charge in [-0.1, -0.05) is 30.3 Å². The van der Waals surface area contributed by atoms with Crippen LogP contribution in [0.5, 0.6) is 0 Å². The van der Waals surface area contributed by atoms with E-state index in [2.05, 4.69) is 62.0 Å². The van der Waals surface area contributed by atoms with Crippen LogP contribution in [-0.2, 0) is 6.54 Å². The third-order valence-electron chi connectivity index (χ3n) is 4.86. The zero-order chi connectivity index (χ0) is 22.7. The summed E-state index contributed by atoms with van der Waals surface area (Å²) >= 11 is 2.27. The fourth-order valence-corrected chi connectivity index (χ4v) is 3.71. The van der Waals surface area contributed by atoms with Gasteiger partial charge in [0.2, 0.25) is 0 Å². The number of nitrogens with one attached hydrogen (secondary N) is 1. The van der Waals surface area contributed by atoms with Gasteiger partial charge in [-0.3, -0.25) is 25.7 Å². The van der Waals surface area contributed by atoms with Gasteiger partial charge in [-0.2, -0.15) is 5.10 Å². The van der Waals surface area contributed by atoms with Crippen molar-refractivity contribution in [3.8, 4) is 0 Å². The van der Waals surface area contributed by atoms with E-state index >= 15 is 0 Å². The standard InChI is InChI=1S/C22H16IN5O4/c23-17-7-5-15(6-8-17)13-26-14-16(19-3-1-2-4-21(19)26)12-24-25-20-10-9-18(27(29)30)11-22(20)28(31)32/h1-12,14,25H,13H2/b24-12-. The third kappa shape index (κ3) is 4.59. The number of hydrazone groups is 1. The molecule has 0 fully saturated rings. The SMILES string of the molecule is O=[N+]([O-])c1ccc(N/N=C\c2cn(Cc3ccc(I)cc3)c3ccccc23)c([N+](=O)[O-])c1. The fourth-order valence-electron chi connectivity index (χ4n) is 3.35. The molecule has 1 aromatic heterocycles. The molecule has 0 atom stereocenters. The highest BCUT2D eigenvalue weighted by Gasteiger charge is 2.19. The van der Waals surface area contributed by atoms with E-state index in [9.17, 15) is 20.2 Å². The van der Waals surface area contributed by atoms with E-state index in [4.69, 9.17) is 0 Å². The van der Waals surface area contributed by atoms with Crippen molar-refractivity contribution >= 4 is 56.8 Å². The van der Waals surface area contributed by atoms with Crippen LogP contribution < -0.4 is 5.43 Å².